The number of methoxy groups -OCH3 is 1. The number of carbonyl (C=O) groups is 5. The van der Waals surface area contributed by atoms with Gasteiger partial charge in [-0.05, 0) is 41.2 Å². The predicted octanol–water partition coefficient (Wildman–Crippen LogP) is 3.22. The molecule has 3 unspecified atom stereocenters. The van der Waals surface area contributed by atoms with Gasteiger partial charge in [-0.25, -0.2) is 4.98 Å². The number of ether oxygens (including phenoxy) is 1. The zero-order valence-corrected chi connectivity index (χ0v) is 36.8. The quantitative estimate of drug-likeness (QED) is 0.0663. The van der Waals surface area contributed by atoms with Crippen LogP contribution in [0, 0.1) is 22.7 Å². The summed E-state index contributed by atoms with van der Waals surface area (Å²) in [5, 5.41) is 30.7. The van der Waals surface area contributed by atoms with Crippen molar-refractivity contribution in [2.75, 3.05) is 26.8 Å². The Labute approximate surface area is 347 Å². The van der Waals surface area contributed by atoms with E-state index in [1.54, 1.807) is 11.6 Å². The maximum absolute atomic E-state index is 14.7. The van der Waals surface area contributed by atoms with Crippen molar-refractivity contribution < 1.29 is 33.8 Å². The average molecular weight is 827 g/mol. The number of amidine groups is 1. The molecule has 322 valence electrons. The molecule has 0 saturated carbocycles. The first-order valence-electron chi connectivity index (χ1n) is 20.1. The van der Waals surface area contributed by atoms with Gasteiger partial charge >= 0.3 is 5.97 Å². The first kappa shape index (κ1) is 48.0. The van der Waals surface area contributed by atoms with E-state index in [-0.39, 0.29) is 43.2 Å². The van der Waals surface area contributed by atoms with Crippen molar-refractivity contribution in [1.82, 2.24) is 36.9 Å². The Balaban J connectivity index is 1.99. The highest BCUT2D eigenvalue weighted by Gasteiger charge is 2.41. The van der Waals surface area contributed by atoms with Crippen LogP contribution in [0.2, 0.25) is 0 Å². The SMILES string of the molecule is COC(=O)CC(NC(=O)[C@@H](NC(=O)C(NC(=NCCO)C(NC(=O)[C@@H](NC(=O)[C@H]1NCC[C@H]1C)C(C)C)C(C)(C)C)C(C)(C)C)[C@@H](C)c1ccccc1)c1nccs1. The molecule has 1 aliphatic heterocycles. The molecule has 0 bridgehead atoms. The molecule has 7 N–H and O–H groups in total. The largest absolute Gasteiger partial charge is 0.469 e. The van der Waals surface area contributed by atoms with E-state index in [1.807, 2.05) is 99.6 Å². The summed E-state index contributed by atoms with van der Waals surface area (Å²) in [4.78, 5) is 77.8. The van der Waals surface area contributed by atoms with Crippen LogP contribution >= 0.6 is 11.3 Å². The minimum absolute atomic E-state index is 0.0206. The van der Waals surface area contributed by atoms with Crippen LogP contribution in [0.25, 0.3) is 0 Å². The van der Waals surface area contributed by atoms with Crippen LogP contribution in [-0.4, -0.2) is 103 Å². The Morgan fingerprint density at radius 2 is 1.53 bits per heavy atom. The third kappa shape index (κ3) is 13.6. The Morgan fingerprint density at radius 1 is 0.897 bits per heavy atom. The van der Waals surface area contributed by atoms with Crippen LogP contribution in [0.3, 0.4) is 0 Å². The fraction of sp³-hybridized carbons (Fsp3) is 0.643. The van der Waals surface area contributed by atoms with Crippen LogP contribution in [0.5, 0.6) is 0 Å². The number of aliphatic imine (C=N–C) groups is 1. The molecule has 1 saturated heterocycles. The number of benzene rings is 1. The number of hydrogen-bond acceptors (Lipinski definition) is 11. The van der Waals surface area contributed by atoms with Crippen LogP contribution in [0.15, 0.2) is 46.9 Å². The second-order valence-corrected chi connectivity index (χ2v) is 18.5. The van der Waals surface area contributed by atoms with Crippen molar-refractivity contribution in [2.45, 2.75) is 124 Å². The van der Waals surface area contributed by atoms with Crippen molar-refractivity contribution in [3.05, 3.63) is 52.5 Å². The van der Waals surface area contributed by atoms with Gasteiger partial charge in [0.1, 0.15) is 29.0 Å². The molecule has 4 amide bonds. The summed E-state index contributed by atoms with van der Waals surface area (Å²) in [5.74, 6) is -2.63. The van der Waals surface area contributed by atoms with Gasteiger partial charge in [-0.2, -0.15) is 0 Å². The van der Waals surface area contributed by atoms with Crippen molar-refractivity contribution in [3.63, 3.8) is 0 Å². The van der Waals surface area contributed by atoms with Crippen LogP contribution < -0.4 is 31.9 Å². The third-order valence-corrected chi connectivity index (χ3v) is 11.3. The summed E-state index contributed by atoms with van der Waals surface area (Å²) in [7, 11) is 1.27. The first-order chi connectivity index (χ1) is 27.2. The van der Waals surface area contributed by atoms with Gasteiger partial charge in [-0.3, -0.25) is 29.0 Å². The maximum Gasteiger partial charge on any atom is 0.308 e. The predicted molar refractivity (Wildman–Crippen MR) is 226 cm³/mol. The molecular weight excluding hydrogens is 761 g/mol. The summed E-state index contributed by atoms with van der Waals surface area (Å²) < 4.78 is 4.90. The minimum atomic E-state index is -1.11. The summed E-state index contributed by atoms with van der Waals surface area (Å²) in [6.45, 7) is 19.3. The molecule has 0 radical (unpaired) electrons. The number of esters is 1. The number of carbonyl (C=O) groups excluding carboxylic acids is 5. The van der Waals surface area contributed by atoms with Gasteiger partial charge in [0.05, 0.1) is 44.8 Å². The van der Waals surface area contributed by atoms with E-state index in [2.05, 4.69) is 41.9 Å². The molecule has 3 rings (SSSR count). The Morgan fingerprint density at radius 3 is 2.05 bits per heavy atom. The van der Waals surface area contributed by atoms with E-state index < -0.39 is 76.7 Å². The minimum Gasteiger partial charge on any atom is -0.469 e. The number of aliphatic hydroxyl groups is 1. The van der Waals surface area contributed by atoms with Crippen LogP contribution in [0.1, 0.15) is 105 Å². The Bertz CT molecular complexity index is 1690. The lowest BCUT2D eigenvalue weighted by molar-refractivity contribution is -0.141. The average Bonchev–Trinajstić information content (AvgIpc) is 3.86. The molecule has 2 heterocycles. The fourth-order valence-electron chi connectivity index (χ4n) is 6.83. The normalized spacial score (nSPS) is 19.2. The van der Waals surface area contributed by atoms with Gasteiger partial charge in [0.15, 0.2) is 0 Å². The number of hydrogen-bond donors (Lipinski definition) is 7. The maximum atomic E-state index is 14.7. The van der Waals surface area contributed by atoms with E-state index in [1.165, 1.54) is 18.4 Å². The zero-order chi connectivity index (χ0) is 43.4. The number of rotatable bonds is 18. The van der Waals surface area contributed by atoms with Gasteiger partial charge < -0.3 is 41.7 Å². The van der Waals surface area contributed by atoms with Gasteiger partial charge in [0, 0.05) is 17.5 Å². The van der Waals surface area contributed by atoms with Crippen molar-refractivity contribution in [3.8, 4) is 0 Å². The van der Waals surface area contributed by atoms with Gasteiger partial charge in [0.2, 0.25) is 23.6 Å². The smallest absolute Gasteiger partial charge is 0.308 e. The standard InChI is InChI=1S/C42H66N8O7S/c1-24(2)30(47-37(54)31-25(3)17-18-43-31)36(53)50-33(41(5,6)7)35(44-19-21-51)49-34(42(8,9)10)39(56)48-32(26(4)27-15-13-12-14-16-27)38(55)46-28(23-29(52)57-11)40-45-20-22-58-40/h12-16,20,22,24-26,28,30-34,43,51H,17-19,21,23H2,1-11H3,(H,44,49)(H,46,55)(H,47,54)(H,48,56)(H,50,53)/t25-,26+,28?,30+,31+,32+,33?,34?/m1/s1. The summed E-state index contributed by atoms with van der Waals surface area (Å²) in [6, 6.07) is 4.33. The molecule has 58 heavy (non-hydrogen) atoms. The number of thiazole rings is 1. The lowest BCUT2D eigenvalue weighted by Gasteiger charge is -2.39. The Hall–Kier alpha value is -4.41. The zero-order valence-electron chi connectivity index (χ0n) is 36.0. The van der Waals surface area contributed by atoms with Crippen molar-refractivity contribution >= 4 is 46.8 Å². The van der Waals surface area contributed by atoms with E-state index in [0.29, 0.717) is 5.01 Å². The van der Waals surface area contributed by atoms with Crippen molar-refractivity contribution in [2.24, 2.45) is 27.7 Å². The molecule has 16 heteroatoms. The van der Waals surface area contributed by atoms with Crippen molar-refractivity contribution in [1.29, 1.82) is 0 Å². The van der Waals surface area contributed by atoms with Crippen LogP contribution in [0.4, 0.5) is 0 Å². The number of aromatic nitrogens is 1. The van der Waals surface area contributed by atoms with E-state index in [9.17, 15) is 29.1 Å². The van der Waals surface area contributed by atoms with Gasteiger partial charge in [0.25, 0.3) is 0 Å². The van der Waals surface area contributed by atoms with Gasteiger partial charge in [-0.1, -0.05) is 99.6 Å². The van der Waals surface area contributed by atoms with E-state index in [4.69, 9.17) is 4.74 Å². The highest BCUT2D eigenvalue weighted by Crippen LogP contribution is 2.27. The molecule has 1 aliphatic rings. The highest BCUT2D eigenvalue weighted by molar-refractivity contribution is 7.09. The second-order valence-electron chi connectivity index (χ2n) is 17.6. The highest BCUT2D eigenvalue weighted by atomic mass is 32.1. The molecule has 1 aromatic heterocycles. The van der Waals surface area contributed by atoms with Gasteiger partial charge in [-0.15, -0.1) is 11.3 Å². The topological polar surface area (TPSA) is 212 Å². The lowest BCUT2D eigenvalue weighted by atomic mass is 9.82. The molecule has 0 aliphatic carbocycles. The summed E-state index contributed by atoms with van der Waals surface area (Å²) in [5.41, 5.74) is -0.647. The second kappa shape index (κ2) is 21.6. The molecule has 0 spiro atoms. The fourth-order valence-corrected chi connectivity index (χ4v) is 7.52. The number of aliphatic hydroxyl groups excluding tert-OH is 1. The Kier molecular flexibility index (Phi) is 17.8. The monoisotopic (exact) mass is 826 g/mol. The molecule has 1 fully saturated rings. The summed E-state index contributed by atoms with van der Waals surface area (Å²) >= 11 is 1.28. The lowest BCUT2D eigenvalue weighted by Crippen LogP contribution is -2.64. The summed E-state index contributed by atoms with van der Waals surface area (Å²) in [6.07, 6.45) is 2.28. The number of nitrogens with one attached hydrogen (secondary N) is 6. The molecular formula is C42H66N8O7S. The molecule has 1 aromatic carbocycles. The van der Waals surface area contributed by atoms with E-state index in [0.717, 1.165) is 18.5 Å². The molecule has 2 aromatic rings. The van der Waals surface area contributed by atoms with Crippen LogP contribution in [-0.2, 0) is 28.7 Å². The molecule has 8 atom stereocenters. The number of nitrogens with zero attached hydrogens (tertiary/aromatic N) is 2. The molecule has 15 nitrogen and oxygen atoms in total. The van der Waals surface area contributed by atoms with E-state index >= 15 is 0 Å². The third-order valence-electron chi connectivity index (χ3n) is 10.4. The number of amides is 4. The first-order valence-corrected chi connectivity index (χ1v) is 20.9.